The molecule has 0 N–H and O–H groups in total. The lowest BCUT2D eigenvalue weighted by atomic mass is 10.1. The van der Waals surface area contributed by atoms with Crippen molar-refractivity contribution in [3.05, 3.63) is 53.6 Å². The molecule has 2 aromatic carbocycles. The lowest BCUT2D eigenvalue weighted by Gasteiger charge is -2.30. The Morgan fingerprint density at radius 2 is 1.86 bits per heavy atom. The van der Waals surface area contributed by atoms with Gasteiger partial charge in [-0.2, -0.15) is 0 Å². The van der Waals surface area contributed by atoms with Gasteiger partial charge in [-0.05, 0) is 62.2 Å². The molecule has 1 aliphatic heterocycles. The summed E-state index contributed by atoms with van der Waals surface area (Å²) in [5.74, 6) is -1.65. The van der Waals surface area contributed by atoms with Crippen molar-refractivity contribution in [1.29, 1.82) is 0 Å². The van der Waals surface area contributed by atoms with E-state index in [4.69, 9.17) is 4.98 Å². The van der Waals surface area contributed by atoms with E-state index in [-0.39, 0.29) is 0 Å². The quantitative estimate of drug-likeness (QED) is 0.523. The van der Waals surface area contributed by atoms with Crippen LogP contribution < -0.4 is 4.90 Å². The van der Waals surface area contributed by atoms with Gasteiger partial charge in [0.2, 0.25) is 0 Å². The maximum Gasteiger partial charge on any atom is 0.191 e. The number of hydrogen-bond donors (Lipinski definition) is 0. The number of aromatic nitrogens is 1. The van der Waals surface area contributed by atoms with Crippen LogP contribution in [-0.4, -0.2) is 36.1 Å². The number of thiazole rings is 1. The molecule has 1 saturated heterocycles. The van der Waals surface area contributed by atoms with Crippen LogP contribution in [0.3, 0.4) is 0 Å². The maximum atomic E-state index is 13.9. The van der Waals surface area contributed by atoms with Crippen molar-refractivity contribution in [1.82, 2.24) is 9.88 Å². The number of nitrogens with zero attached hydrogens (tertiary/aromatic N) is 3. The van der Waals surface area contributed by atoms with Gasteiger partial charge in [-0.15, -0.1) is 0 Å². The molecule has 28 heavy (non-hydrogen) atoms. The van der Waals surface area contributed by atoms with Gasteiger partial charge in [0.05, 0.1) is 10.2 Å². The van der Waals surface area contributed by atoms with E-state index in [1.165, 1.54) is 37.0 Å². The van der Waals surface area contributed by atoms with E-state index >= 15 is 0 Å². The van der Waals surface area contributed by atoms with Crippen LogP contribution in [-0.2, 0) is 6.42 Å². The molecule has 4 rings (SSSR count). The van der Waals surface area contributed by atoms with Crippen molar-refractivity contribution in [2.24, 2.45) is 0 Å². The van der Waals surface area contributed by atoms with Crippen molar-refractivity contribution in [2.75, 3.05) is 31.1 Å². The SMILES string of the molecule is CCc1ccc2nc(N(CCN3CCCCC3)c3ccc(F)c(F)c3)sc2c1. The molecular formula is C22H25F2N3S. The normalized spacial score (nSPS) is 15.2. The van der Waals surface area contributed by atoms with Crippen LogP contribution in [0.4, 0.5) is 19.6 Å². The average Bonchev–Trinajstić information content (AvgIpc) is 3.14. The number of halogens is 2. The van der Waals surface area contributed by atoms with E-state index in [9.17, 15) is 8.78 Å². The van der Waals surface area contributed by atoms with Crippen LogP contribution in [0.1, 0.15) is 31.7 Å². The van der Waals surface area contributed by atoms with Crippen molar-refractivity contribution in [2.45, 2.75) is 32.6 Å². The number of likely N-dealkylation sites (tertiary alicyclic amines) is 1. The second kappa shape index (κ2) is 8.53. The minimum absolute atomic E-state index is 0.644. The van der Waals surface area contributed by atoms with Gasteiger partial charge in [0.15, 0.2) is 16.8 Å². The fourth-order valence-electron chi connectivity index (χ4n) is 3.70. The molecule has 6 heteroatoms. The maximum absolute atomic E-state index is 13.9. The van der Waals surface area contributed by atoms with E-state index < -0.39 is 11.6 Å². The zero-order valence-electron chi connectivity index (χ0n) is 16.1. The predicted molar refractivity (Wildman–Crippen MR) is 113 cm³/mol. The van der Waals surface area contributed by atoms with E-state index in [0.29, 0.717) is 12.2 Å². The lowest BCUT2D eigenvalue weighted by molar-refractivity contribution is 0.234. The minimum atomic E-state index is -0.824. The third kappa shape index (κ3) is 4.18. The molecule has 0 radical (unpaired) electrons. The van der Waals surface area contributed by atoms with Crippen molar-refractivity contribution in [3.63, 3.8) is 0 Å². The smallest absolute Gasteiger partial charge is 0.191 e. The van der Waals surface area contributed by atoms with Crippen LogP contribution in [0.5, 0.6) is 0 Å². The molecule has 0 bridgehead atoms. The van der Waals surface area contributed by atoms with Crippen molar-refractivity contribution >= 4 is 32.4 Å². The van der Waals surface area contributed by atoms with Gasteiger partial charge >= 0.3 is 0 Å². The summed E-state index contributed by atoms with van der Waals surface area (Å²) in [5, 5.41) is 0.825. The summed E-state index contributed by atoms with van der Waals surface area (Å²) in [6.07, 6.45) is 4.73. The second-order valence-electron chi connectivity index (χ2n) is 7.30. The number of benzene rings is 2. The molecule has 0 unspecified atom stereocenters. The molecule has 1 fully saturated rings. The van der Waals surface area contributed by atoms with Gasteiger partial charge in [-0.25, -0.2) is 13.8 Å². The van der Waals surface area contributed by atoms with Crippen LogP contribution in [0.2, 0.25) is 0 Å². The highest BCUT2D eigenvalue weighted by Gasteiger charge is 2.18. The summed E-state index contributed by atoms with van der Waals surface area (Å²) < 4.78 is 28.5. The van der Waals surface area contributed by atoms with Crippen LogP contribution in [0.25, 0.3) is 10.2 Å². The van der Waals surface area contributed by atoms with Crippen LogP contribution >= 0.6 is 11.3 Å². The summed E-state index contributed by atoms with van der Waals surface area (Å²) in [4.78, 5) is 9.25. The first kappa shape index (κ1) is 19.3. The molecule has 0 aliphatic carbocycles. The molecule has 148 valence electrons. The molecule has 1 aromatic heterocycles. The van der Waals surface area contributed by atoms with Gasteiger partial charge in [-0.3, -0.25) is 0 Å². The van der Waals surface area contributed by atoms with Crippen LogP contribution in [0.15, 0.2) is 36.4 Å². The van der Waals surface area contributed by atoms with Gasteiger partial charge in [-0.1, -0.05) is 30.7 Å². The standard InChI is InChI=1S/C22H25F2N3S/c1-2-16-6-9-20-21(14-16)28-22(25-20)27(13-12-26-10-4-3-5-11-26)17-7-8-18(23)19(24)15-17/h6-9,14-15H,2-5,10-13H2,1H3. The average molecular weight is 402 g/mol. The Bertz CT molecular complexity index is 950. The molecule has 1 aliphatic rings. The molecule has 0 spiro atoms. The number of aryl methyl sites for hydroxylation is 1. The molecule has 0 saturated carbocycles. The molecular weight excluding hydrogens is 376 g/mol. The van der Waals surface area contributed by atoms with E-state index in [0.717, 1.165) is 41.4 Å². The summed E-state index contributed by atoms with van der Waals surface area (Å²) in [6.45, 7) is 5.92. The lowest BCUT2D eigenvalue weighted by Crippen LogP contribution is -2.36. The van der Waals surface area contributed by atoms with Crippen LogP contribution in [0, 0.1) is 11.6 Å². The fourth-order valence-corrected chi connectivity index (χ4v) is 4.78. The number of hydrogen-bond acceptors (Lipinski definition) is 4. The summed E-state index contributed by atoms with van der Waals surface area (Å²) in [7, 11) is 0. The number of rotatable bonds is 6. The van der Waals surface area contributed by atoms with Crippen molar-refractivity contribution in [3.8, 4) is 0 Å². The Morgan fingerprint density at radius 3 is 2.61 bits per heavy atom. The zero-order valence-corrected chi connectivity index (χ0v) is 16.9. The Balaban J connectivity index is 1.65. The topological polar surface area (TPSA) is 19.4 Å². The Morgan fingerprint density at radius 1 is 1.04 bits per heavy atom. The van der Waals surface area contributed by atoms with E-state index in [1.807, 2.05) is 11.0 Å². The summed E-state index contributed by atoms with van der Waals surface area (Å²) in [6, 6.07) is 10.4. The summed E-state index contributed by atoms with van der Waals surface area (Å²) >= 11 is 1.61. The van der Waals surface area contributed by atoms with Gasteiger partial charge in [0, 0.05) is 24.8 Å². The first-order chi connectivity index (χ1) is 13.6. The van der Waals surface area contributed by atoms with E-state index in [2.05, 4.69) is 24.0 Å². The summed E-state index contributed by atoms with van der Waals surface area (Å²) in [5.41, 5.74) is 2.86. The molecule has 3 aromatic rings. The highest BCUT2D eigenvalue weighted by molar-refractivity contribution is 7.22. The molecule has 0 amide bonds. The third-order valence-corrected chi connectivity index (χ3v) is 6.43. The Hall–Kier alpha value is -2.05. The first-order valence-corrected chi connectivity index (χ1v) is 10.8. The van der Waals surface area contributed by atoms with Gasteiger partial charge in [0.25, 0.3) is 0 Å². The van der Waals surface area contributed by atoms with E-state index in [1.54, 1.807) is 17.4 Å². The highest BCUT2D eigenvalue weighted by atomic mass is 32.1. The van der Waals surface area contributed by atoms with Crippen molar-refractivity contribution < 1.29 is 8.78 Å². The minimum Gasteiger partial charge on any atom is -0.316 e. The molecule has 3 nitrogen and oxygen atoms in total. The number of anilines is 2. The predicted octanol–water partition coefficient (Wildman–Crippen LogP) is 5.76. The highest BCUT2D eigenvalue weighted by Crippen LogP contribution is 2.34. The zero-order chi connectivity index (χ0) is 19.5. The third-order valence-electron chi connectivity index (χ3n) is 5.38. The monoisotopic (exact) mass is 401 g/mol. The largest absolute Gasteiger partial charge is 0.316 e. The fraction of sp³-hybridized carbons (Fsp3) is 0.409. The Kier molecular flexibility index (Phi) is 5.87. The Labute approximate surface area is 168 Å². The second-order valence-corrected chi connectivity index (χ2v) is 8.31. The molecule has 2 heterocycles. The van der Waals surface area contributed by atoms with Gasteiger partial charge in [0.1, 0.15) is 0 Å². The number of piperidine rings is 1. The number of fused-ring (bicyclic) bond motifs is 1. The first-order valence-electron chi connectivity index (χ1n) is 9.98. The van der Waals surface area contributed by atoms with Gasteiger partial charge < -0.3 is 9.80 Å². The molecule has 0 atom stereocenters.